The highest BCUT2D eigenvalue weighted by molar-refractivity contribution is 5.28. The Morgan fingerprint density at radius 2 is 1.93 bits per heavy atom. The molecule has 2 fully saturated rings. The molecule has 1 saturated heterocycles. The van der Waals surface area contributed by atoms with E-state index in [9.17, 15) is 4.39 Å². The Bertz CT molecular complexity index is 355. The largest absolute Gasteiger partial charge is 0.361 e. The summed E-state index contributed by atoms with van der Waals surface area (Å²) in [4.78, 5) is 0. The van der Waals surface area contributed by atoms with Crippen molar-refractivity contribution >= 4 is 0 Å². The molecular formula is C12H13FO. The first-order chi connectivity index (χ1) is 6.82. The van der Waals surface area contributed by atoms with Gasteiger partial charge in [0.2, 0.25) is 0 Å². The van der Waals surface area contributed by atoms with Crippen LogP contribution >= 0.6 is 0 Å². The minimum Gasteiger partial charge on any atom is -0.361 e. The van der Waals surface area contributed by atoms with Crippen molar-refractivity contribution in [2.45, 2.75) is 37.4 Å². The van der Waals surface area contributed by atoms with Crippen LogP contribution in [0.15, 0.2) is 24.3 Å². The summed E-state index contributed by atoms with van der Waals surface area (Å²) in [6.45, 7) is 0. The van der Waals surface area contributed by atoms with Crippen molar-refractivity contribution in [1.82, 2.24) is 0 Å². The van der Waals surface area contributed by atoms with E-state index in [1.807, 2.05) is 12.1 Å². The summed E-state index contributed by atoms with van der Waals surface area (Å²) < 4.78 is 19.1. The van der Waals surface area contributed by atoms with Crippen molar-refractivity contribution in [2.24, 2.45) is 0 Å². The van der Waals surface area contributed by atoms with Gasteiger partial charge in [-0.15, -0.1) is 0 Å². The second-order valence-electron chi connectivity index (χ2n) is 4.29. The van der Waals surface area contributed by atoms with Crippen molar-refractivity contribution in [2.75, 3.05) is 0 Å². The van der Waals surface area contributed by atoms with Gasteiger partial charge in [-0.1, -0.05) is 31.0 Å². The molecule has 14 heavy (non-hydrogen) atoms. The van der Waals surface area contributed by atoms with E-state index in [2.05, 4.69) is 0 Å². The highest BCUT2D eigenvalue weighted by atomic mass is 19.1. The maximum atomic E-state index is 13.4. The van der Waals surface area contributed by atoms with Crippen LogP contribution in [0.3, 0.4) is 0 Å². The smallest absolute Gasteiger partial charge is 0.129 e. The predicted molar refractivity (Wildman–Crippen MR) is 51.4 cm³/mol. The quantitative estimate of drug-likeness (QED) is 0.622. The number of halogens is 1. The molecule has 1 aromatic rings. The topological polar surface area (TPSA) is 12.5 Å². The maximum Gasteiger partial charge on any atom is 0.129 e. The number of hydrogen-bond donors (Lipinski definition) is 0. The maximum absolute atomic E-state index is 13.4. The molecule has 1 nitrogen and oxygen atoms in total. The van der Waals surface area contributed by atoms with Crippen LogP contribution < -0.4 is 0 Å². The second-order valence-corrected chi connectivity index (χ2v) is 4.29. The number of epoxide rings is 1. The first-order valence-corrected chi connectivity index (χ1v) is 5.24. The lowest BCUT2D eigenvalue weighted by molar-refractivity contribution is 0.296. The highest BCUT2D eigenvalue weighted by Crippen LogP contribution is 2.59. The lowest BCUT2D eigenvalue weighted by Gasteiger charge is -2.02. The Morgan fingerprint density at radius 3 is 2.64 bits per heavy atom. The number of benzene rings is 1. The summed E-state index contributed by atoms with van der Waals surface area (Å²) >= 11 is 0. The molecule has 0 aromatic heterocycles. The molecule has 1 unspecified atom stereocenters. The third-order valence-corrected chi connectivity index (χ3v) is 3.41. The van der Waals surface area contributed by atoms with Gasteiger partial charge in [0, 0.05) is 5.56 Å². The van der Waals surface area contributed by atoms with E-state index >= 15 is 0 Å². The molecule has 0 N–H and O–H groups in total. The zero-order valence-electron chi connectivity index (χ0n) is 8.00. The first-order valence-electron chi connectivity index (χ1n) is 5.24. The molecule has 1 aromatic carbocycles. The molecule has 0 bridgehead atoms. The van der Waals surface area contributed by atoms with Gasteiger partial charge in [0.25, 0.3) is 0 Å². The van der Waals surface area contributed by atoms with Crippen LogP contribution in [-0.2, 0) is 4.74 Å². The Hall–Kier alpha value is -0.890. The van der Waals surface area contributed by atoms with Crippen molar-refractivity contribution in [3.8, 4) is 0 Å². The summed E-state index contributed by atoms with van der Waals surface area (Å²) in [7, 11) is 0. The van der Waals surface area contributed by atoms with Crippen LogP contribution in [0.4, 0.5) is 4.39 Å². The summed E-state index contributed by atoms with van der Waals surface area (Å²) in [6, 6.07) is 6.96. The van der Waals surface area contributed by atoms with Gasteiger partial charge in [-0.05, 0) is 18.9 Å². The van der Waals surface area contributed by atoms with E-state index in [-0.39, 0.29) is 17.5 Å². The second kappa shape index (κ2) is 2.80. The number of rotatable bonds is 1. The average Bonchev–Trinajstić information content (AvgIpc) is 2.67. The number of hydrogen-bond acceptors (Lipinski definition) is 1. The zero-order chi connectivity index (χ0) is 9.60. The molecule has 3 rings (SSSR count). The van der Waals surface area contributed by atoms with Crippen molar-refractivity contribution < 1.29 is 9.13 Å². The van der Waals surface area contributed by atoms with Crippen molar-refractivity contribution in [3.63, 3.8) is 0 Å². The molecule has 1 aliphatic heterocycles. The van der Waals surface area contributed by atoms with E-state index in [1.165, 1.54) is 18.9 Å². The van der Waals surface area contributed by atoms with E-state index < -0.39 is 0 Å². The summed E-state index contributed by atoms with van der Waals surface area (Å²) in [6.07, 6.45) is 4.69. The first kappa shape index (κ1) is 8.42. The fourth-order valence-corrected chi connectivity index (χ4v) is 2.59. The van der Waals surface area contributed by atoms with Gasteiger partial charge in [-0.2, -0.15) is 0 Å². The predicted octanol–water partition coefficient (Wildman–Crippen LogP) is 3.21. The lowest BCUT2D eigenvalue weighted by atomic mass is 9.98. The van der Waals surface area contributed by atoms with Crippen molar-refractivity contribution in [3.05, 3.63) is 35.6 Å². The monoisotopic (exact) mass is 192 g/mol. The number of ether oxygens (including phenoxy) is 1. The zero-order valence-corrected chi connectivity index (χ0v) is 8.00. The summed E-state index contributed by atoms with van der Waals surface area (Å²) in [5.74, 6) is -0.124. The van der Waals surface area contributed by atoms with Crippen LogP contribution in [0.1, 0.15) is 37.4 Å². The highest BCUT2D eigenvalue weighted by Gasteiger charge is 2.58. The van der Waals surface area contributed by atoms with Crippen LogP contribution in [0.25, 0.3) is 0 Å². The molecular weight excluding hydrogens is 179 g/mol. The van der Waals surface area contributed by atoms with Gasteiger partial charge in [0.15, 0.2) is 0 Å². The molecule has 1 saturated carbocycles. The minimum absolute atomic E-state index is 0.0161. The van der Waals surface area contributed by atoms with Gasteiger partial charge >= 0.3 is 0 Å². The Morgan fingerprint density at radius 1 is 1.21 bits per heavy atom. The molecule has 0 amide bonds. The van der Waals surface area contributed by atoms with Gasteiger partial charge in [0.05, 0.1) is 5.60 Å². The lowest BCUT2D eigenvalue weighted by Crippen LogP contribution is -2.05. The van der Waals surface area contributed by atoms with E-state index in [1.54, 1.807) is 6.07 Å². The SMILES string of the molecule is Fc1ccccc1C1OC12CCCC2. The van der Waals surface area contributed by atoms with Crippen molar-refractivity contribution in [1.29, 1.82) is 0 Å². The minimum atomic E-state index is -0.124. The van der Waals surface area contributed by atoms with E-state index in [4.69, 9.17) is 4.74 Å². The third-order valence-electron chi connectivity index (χ3n) is 3.41. The van der Waals surface area contributed by atoms with Crippen LogP contribution in [0.5, 0.6) is 0 Å². The molecule has 2 heteroatoms. The fraction of sp³-hybridized carbons (Fsp3) is 0.500. The molecule has 2 aliphatic rings. The Kier molecular flexibility index (Phi) is 1.68. The van der Waals surface area contributed by atoms with Crippen LogP contribution in [0.2, 0.25) is 0 Å². The molecule has 1 aliphatic carbocycles. The summed E-state index contributed by atoms with van der Waals surface area (Å²) in [5, 5.41) is 0. The van der Waals surface area contributed by atoms with Crippen LogP contribution in [-0.4, -0.2) is 5.60 Å². The van der Waals surface area contributed by atoms with Crippen LogP contribution in [0, 0.1) is 5.82 Å². The Labute approximate surface area is 82.9 Å². The van der Waals surface area contributed by atoms with Gasteiger partial charge in [-0.3, -0.25) is 0 Å². The molecule has 1 atom stereocenters. The molecule has 1 heterocycles. The van der Waals surface area contributed by atoms with Gasteiger partial charge in [0.1, 0.15) is 11.9 Å². The summed E-state index contributed by atoms with van der Waals surface area (Å²) in [5.41, 5.74) is 0.761. The molecule has 74 valence electrons. The van der Waals surface area contributed by atoms with Gasteiger partial charge < -0.3 is 4.74 Å². The average molecular weight is 192 g/mol. The van der Waals surface area contributed by atoms with E-state index in [0.29, 0.717) is 0 Å². The third kappa shape index (κ3) is 1.10. The molecule has 1 spiro atoms. The molecule has 0 radical (unpaired) electrons. The van der Waals surface area contributed by atoms with Gasteiger partial charge in [-0.25, -0.2) is 4.39 Å². The normalized spacial score (nSPS) is 28.2. The standard InChI is InChI=1S/C12H13FO/c13-10-6-2-1-5-9(10)11-12(14-11)7-3-4-8-12/h1-2,5-6,11H,3-4,7-8H2. The Balaban J connectivity index is 1.89. The van der Waals surface area contributed by atoms with E-state index in [0.717, 1.165) is 18.4 Å². The fourth-order valence-electron chi connectivity index (χ4n) is 2.59.